The first-order chi connectivity index (χ1) is 12.8. The van der Waals surface area contributed by atoms with Gasteiger partial charge in [0.25, 0.3) is 5.56 Å². The van der Waals surface area contributed by atoms with Crippen molar-refractivity contribution in [3.05, 3.63) is 74.1 Å². The Labute approximate surface area is 157 Å². The molecule has 7 nitrogen and oxygen atoms in total. The monoisotopic (exact) mass is 386 g/mol. The van der Waals surface area contributed by atoms with Crippen molar-refractivity contribution in [3.63, 3.8) is 0 Å². The zero-order valence-corrected chi connectivity index (χ0v) is 15.3. The maximum atomic E-state index is 13.0. The van der Waals surface area contributed by atoms with E-state index in [0.29, 0.717) is 10.8 Å². The standard InChI is InChI=1S/C18H15FN4O3S/c1-22-9-12(16(25)23(2)18(22)26)5-8-15(24)21-17-20-14(10-27-17)11-3-6-13(19)7-4-11/h3-10H,1-2H3,(H,20,21,24)/b8-5+. The topological polar surface area (TPSA) is 86.0 Å². The van der Waals surface area contributed by atoms with E-state index in [2.05, 4.69) is 10.3 Å². The van der Waals surface area contributed by atoms with E-state index in [1.807, 2.05) is 0 Å². The maximum Gasteiger partial charge on any atom is 0.330 e. The fourth-order valence-electron chi connectivity index (χ4n) is 2.35. The molecule has 0 radical (unpaired) electrons. The number of hydrogen-bond acceptors (Lipinski definition) is 5. The van der Waals surface area contributed by atoms with Gasteiger partial charge >= 0.3 is 5.69 Å². The Balaban J connectivity index is 1.73. The summed E-state index contributed by atoms with van der Waals surface area (Å²) >= 11 is 1.23. The van der Waals surface area contributed by atoms with E-state index >= 15 is 0 Å². The third-order valence-electron chi connectivity index (χ3n) is 3.76. The van der Waals surface area contributed by atoms with Crippen molar-refractivity contribution < 1.29 is 9.18 Å². The summed E-state index contributed by atoms with van der Waals surface area (Å²) in [5.74, 6) is -0.803. The number of hydrogen-bond donors (Lipinski definition) is 1. The van der Waals surface area contributed by atoms with Gasteiger partial charge < -0.3 is 4.57 Å². The number of amides is 1. The summed E-state index contributed by atoms with van der Waals surface area (Å²) in [4.78, 5) is 40.0. The van der Waals surface area contributed by atoms with Crippen LogP contribution in [0, 0.1) is 5.82 Å². The van der Waals surface area contributed by atoms with Crippen molar-refractivity contribution in [1.29, 1.82) is 0 Å². The number of thiazole rings is 1. The number of nitrogens with zero attached hydrogens (tertiary/aromatic N) is 3. The fraction of sp³-hybridized carbons (Fsp3) is 0.111. The molecule has 1 aromatic carbocycles. The van der Waals surface area contributed by atoms with Gasteiger partial charge in [0, 0.05) is 37.3 Å². The van der Waals surface area contributed by atoms with E-state index in [-0.39, 0.29) is 11.4 Å². The lowest BCUT2D eigenvalue weighted by molar-refractivity contribution is -0.111. The van der Waals surface area contributed by atoms with E-state index in [9.17, 15) is 18.8 Å². The van der Waals surface area contributed by atoms with Gasteiger partial charge in [0.15, 0.2) is 5.13 Å². The molecular formula is C18H15FN4O3S. The lowest BCUT2D eigenvalue weighted by Gasteiger charge is -2.03. The SMILES string of the molecule is Cn1cc(/C=C/C(=O)Nc2nc(-c3ccc(F)cc3)cs2)c(=O)n(C)c1=O. The summed E-state index contributed by atoms with van der Waals surface area (Å²) in [7, 11) is 2.89. The molecule has 0 unspecified atom stereocenters. The fourth-order valence-corrected chi connectivity index (χ4v) is 3.07. The second-order valence-corrected chi connectivity index (χ2v) is 6.57. The first-order valence-electron chi connectivity index (χ1n) is 7.82. The summed E-state index contributed by atoms with van der Waals surface area (Å²) in [6, 6.07) is 5.88. The number of carbonyl (C=O) groups is 1. The minimum absolute atomic E-state index is 0.209. The van der Waals surface area contributed by atoms with Gasteiger partial charge in [0.05, 0.1) is 11.3 Å². The summed E-state index contributed by atoms with van der Waals surface area (Å²) in [6.07, 6.45) is 3.90. The number of aryl methyl sites for hydroxylation is 1. The van der Waals surface area contributed by atoms with Crippen LogP contribution in [0.2, 0.25) is 0 Å². The average Bonchev–Trinajstić information content (AvgIpc) is 3.11. The highest BCUT2D eigenvalue weighted by molar-refractivity contribution is 7.14. The minimum Gasteiger partial charge on any atom is -0.303 e. The number of carbonyl (C=O) groups excluding carboxylic acids is 1. The molecule has 0 saturated heterocycles. The summed E-state index contributed by atoms with van der Waals surface area (Å²) < 4.78 is 15.2. The summed E-state index contributed by atoms with van der Waals surface area (Å²) in [5, 5.41) is 4.72. The summed E-state index contributed by atoms with van der Waals surface area (Å²) in [5.41, 5.74) is 0.622. The molecule has 0 fully saturated rings. The highest BCUT2D eigenvalue weighted by Gasteiger charge is 2.08. The number of halogens is 1. The first-order valence-corrected chi connectivity index (χ1v) is 8.70. The van der Waals surface area contributed by atoms with E-state index in [1.54, 1.807) is 17.5 Å². The van der Waals surface area contributed by atoms with Crippen LogP contribution in [-0.2, 0) is 18.9 Å². The molecule has 138 valence electrons. The molecule has 0 aliphatic heterocycles. The molecule has 2 heterocycles. The van der Waals surface area contributed by atoms with Crippen LogP contribution in [-0.4, -0.2) is 20.0 Å². The van der Waals surface area contributed by atoms with Gasteiger partial charge in [0.2, 0.25) is 5.91 Å². The molecule has 1 amide bonds. The zero-order valence-electron chi connectivity index (χ0n) is 14.5. The molecule has 9 heteroatoms. The molecule has 0 aliphatic carbocycles. The van der Waals surface area contributed by atoms with Gasteiger partial charge in [-0.05, 0) is 30.3 Å². The third kappa shape index (κ3) is 4.09. The molecule has 0 saturated carbocycles. The smallest absolute Gasteiger partial charge is 0.303 e. The normalized spacial score (nSPS) is 11.1. The van der Waals surface area contributed by atoms with Gasteiger partial charge in [-0.2, -0.15) is 0 Å². The molecule has 0 spiro atoms. The van der Waals surface area contributed by atoms with E-state index in [4.69, 9.17) is 0 Å². The van der Waals surface area contributed by atoms with Crippen molar-refractivity contribution in [2.75, 3.05) is 5.32 Å². The van der Waals surface area contributed by atoms with E-state index < -0.39 is 17.2 Å². The first kappa shape index (κ1) is 18.5. The second kappa shape index (κ2) is 7.50. The van der Waals surface area contributed by atoms with Crippen molar-refractivity contribution in [2.24, 2.45) is 14.1 Å². The van der Waals surface area contributed by atoms with Gasteiger partial charge in [-0.25, -0.2) is 14.2 Å². The lowest BCUT2D eigenvalue weighted by Crippen LogP contribution is -2.37. The van der Waals surface area contributed by atoms with Crippen LogP contribution in [0.15, 0.2) is 51.5 Å². The Bertz CT molecular complexity index is 1140. The number of benzene rings is 1. The molecule has 0 aliphatic rings. The van der Waals surface area contributed by atoms with Crippen molar-refractivity contribution >= 4 is 28.5 Å². The minimum atomic E-state index is -0.491. The molecule has 0 atom stereocenters. The molecular weight excluding hydrogens is 371 g/mol. The number of anilines is 1. The van der Waals surface area contributed by atoms with Crippen LogP contribution in [0.1, 0.15) is 5.56 Å². The van der Waals surface area contributed by atoms with Gasteiger partial charge in [-0.15, -0.1) is 11.3 Å². The van der Waals surface area contributed by atoms with Crippen LogP contribution in [0.25, 0.3) is 17.3 Å². The van der Waals surface area contributed by atoms with Crippen LogP contribution in [0.5, 0.6) is 0 Å². The van der Waals surface area contributed by atoms with Crippen LogP contribution < -0.4 is 16.6 Å². The Kier molecular flexibility index (Phi) is 5.13. The van der Waals surface area contributed by atoms with E-state index in [1.165, 1.54) is 60.5 Å². The largest absolute Gasteiger partial charge is 0.330 e. The van der Waals surface area contributed by atoms with Crippen LogP contribution in [0.4, 0.5) is 9.52 Å². The van der Waals surface area contributed by atoms with Crippen LogP contribution in [0.3, 0.4) is 0 Å². The molecule has 1 N–H and O–H groups in total. The zero-order chi connectivity index (χ0) is 19.6. The number of aromatic nitrogens is 3. The van der Waals surface area contributed by atoms with E-state index in [0.717, 1.165) is 10.1 Å². The summed E-state index contributed by atoms with van der Waals surface area (Å²) in [6.45, 7) is 0. The molecule has 27 heavy (non-hydrogen) atoms. The van der Waals surface area contributed by atoms with Gasteiger partial charge in [-0.3, -0.25) is 19.5 Å². The lowest BCUT2D eigenvalue weighted by atomic mass is 10.2. The third-order valence-corrected chi connectivity index (χ3v) is 4.52. The van der Waals surface area contributed by atoms with Gasteiger partial charge in [0.1, 0.15) is 5.82 Å². The number of rotatable bonds is 4. The Morgan fingerprint density at radius 2 is 1.93 bits per heavy atom. The Morgan fingerprint density at radius 3 is 2.63 bits per heavy atom. The van der Waals surface area contributed by atoms with Crippen molar-refractivity contribution in [2.45, 2.75) is 0 Å². The Morgan fingerprint density at radius 1 is 1.22 bits per heavy atom. The maximum absolute atomic E-state index is 13.0. The molecule has 3 rings (SSSR count). The molecule has 2 aromatic heterocycles. The molecule has 0 bridgehead atoms. The van der Waals surface area contributed by atoms with Crippen molar-refractivity contribution in [1.82, 2.24) is 14.1 Å². The predicted molar refractivity (Wildman–Crippen MR) is 102 cm³/mol. The highest BCUT2D eigenvalue weighted by atomic mass is 32.1. The van der Waals surface area contributed by atoms with Crippen molar-refractivity contribution in [3.8, 4) is 11.3 Å². The second-order valence-electron chi connectivity index (χ2n) is 5.71. The quantitative estimate of drug-likeness (QED) is 0.695. The highest BCUT2D eigenvalue weighted by Crippen LogP contribution is 2.24. The Hall–Kier alpha value is -3.33. The molecule has 3 aromatic rings. The average molecular weight is 386 g/mol. The van der Waals surface area contributed by atoms with Crippen LogP contribution >= 0.6 is 11.3 Å². The number of nitrogens with one attached hydrogen (secondary N) is 1. The van der Waals surface area contributed by atoms with Gasteiger partial charge in [-0.1, -0.05) is 0 Å². The predicted octanol–water partition coefficient (Wildman–Crippen LogP) is 2.00.